The van der Waals surface area contributed by atoms with Crippen molar-refractivity contribution in [3.05, 3.63) is 70.6 Å². The molecule has 4 nitrogen and oxygen atoms in total. The van der Waals surface area contributed by atoms with Crippen LogP contribution >= 0.6 is 28.1 Å². The van der Waals surface area contributed by atoms with Crippen molar-refractivity contribution in [3.8, 4) is 0 Å². The number of hydrogen-bond acceptors (Lipinski definition) is 3. The van der Waals surface area contributed by atoms with E-state index < -0.39 is 0 Å². The van der Waals surface area contributed by atoms with E-state index in [1.54, 1.807) is 18.4 Å². The van der Waals surface area contributed by atoms with E-state index in [0.717, 1.165) is 21.0 Å². The number of carbonyl (C=O) groups is 1. The topological polar surface area (TPSA) is 54.3 Å². The fraction of sp³-hybridized carbons (Fsp3) is 0.0588. The number of rotatable bonds is 3. The molecule has 1 heterocycles. The number of halogens is 1. The van der Waals surface area contributed by atoms with Crippen LogP contribution in [0.4, 0.5) is 0 Å². The van der Waals surface area contributed by atoms with Crippen molar-refractivity contribution in [2.45, 2.75) is 6.54 Å². The summed E-state index contributed by atoms with van der Waals surface area (Å²) in [6, 6.07) is 15.0. The van der Waals surface area contributed by atoms with Crippen LogP contribution in [-0.2, 0) is 6.54 Å². The molecule has 3 aromatic rings. The number of thiocarbonyl (C=S) groups is 1. The van der Waals surface area contributed by atoms with Gasteiger partial charge in [0.2, 0.25) is 0 Å². The quantitative estimate of drug-likeness (QED) is 0.665. The molecule has 0 saturated carbocycles. The van der Waals surface area contributed by atoms with Gasteiger partial charge in [0.15, 0.2) is 5.11 Å². The molecule has 0 fully saturated rings. The van der Waals surface area contributed by atoms with Gasteiger partial charge in [-0.25, -0.2) is 0 Å². The normalized spacial score (nSPS) is 10.5. The molecule has 0 atom stereocenters. The summed E-state index contributed by atoms with van der Waals surface area (Å²) < 4.78 is 6.15. The van der Waals surface area contributed by atoms with E-state index in [2.05, 4.69) is 26.6 Å². The largest absolute Gasteiger partial charge is 0.467 e. The summed E-state index contributed by atoms with van der Waals surface area (Å²) in [7, 11) is 0. The molecule has 0 aliphatic carbocycles. The minimum atomic E-state index is -0.245. The van der Waals surface area contributed by atoms with E-state index in [-0.39, 0.29) is 11.0 Å². The van der Waals surface area contributed by atoms with Crippen molar-refractivity contribution in [2.24, 2.45) is 0 Å². The Morgan fingerprint density at radius 3 is 2.65 bits per heavy atom. The van der Waals surface area contributed by atoms with Crippen LogP contribution < -0.4 is 10.6 Å². The second-order valence-corrected chi connectivity index (χ2v) is 6.12. The minimum absolute atomic E-state index is 0.245. The second-order valence-electron chi connectivity index (χ2n) is 4.86. The highest BCUT2D eigenvalue weighted by Crippen LogP contribution is 2.26. The first-order chi connectivity index (χ1) is 11.1. The number of hydrogen-bond donors (Lipinski definition) is 2. The number of furan rings is 1. The SMILES string of the molecule is O=C(NC(=S)NCc1ccco1)c1cccc2c(Br)cccc12. The molecule has 23 heavy (non-hydrogen) atoms. The smallest absolute Gasteiger partial charge is 0.258 e. The molecule has 0 aliphatic rings. The summed E-state index contributed by atoms with van der Waals surface area (Å²) in [5.74, 6) is 0.501. The standard InChI is InChI=1S/C17H13BrN2O2S/c18-15-8-2-5-12-13(15)6-1-7-14(12)16(21)20-17(23)19-10-11-4-3-9-22-11/h1-9H,10H2,(H2,19,20,21,23). The van der Waals surface area contributed by atoms with E-state index in [1.165, 1.54) is 0 Å². The number of nitrogens with one attached hydrogen (secondary N) is 2. The first-order valence-electron chi connectivity index (χ1n) is 6.94. The summed E-state index contributed by atoms with van der Waals surface area (Å²) in [5, 5.41) is 7.75. The van der Waals surface area contributed by atoms with Gasteiger partial charge >= 0.3 is 0 Å². The fourth-order valence-corrected chi connectivity index (χ4v) is 2.93. The molecule has 3 rings (SSSR count). The van der Waals surface area contributed by atoms with Gasteiger partial charge in [-0.15, -0.1) is 0 Å². The third kappa shape index (κ3) is 3.60. The maximum atomic E-state index is 12.5. The molecular formula is C17H13BrN2O2S. The van der Waals surface area contributed by atoms with Crippen LogP contribution in [-0.4, -0.2) is 11.0 Å². The van der Waals surface area contributed by atoms with Gasteiger partial charge in [0.1, 0.15) is 5.76 Å². The minimum Gasteiger partial charge on any atom is -0.467 e. The lowest BCUT2D eigenvalue weighted by molar-refractivity contribution is 0.0978. The highest BCUT2D eigenvalue weighted by molar-refractivity contribution is 9.10. The van der Waals surface area contributed by atoms with Crippen molar-refractivity contribution >= 4 is 49.9 Å². The van der Waals surface area contributed by atoms with Crippen LogP contribution in [0.25, 0.3) is 10.8 Å². The Bertz CT molecular complexity index is 862. The van der Waals surface area contributed by atoms with Gasteiger partial charge in [0.05, 0.1) is 12.8 Å². The van der Waals surface area contributed by atoms with Crippen molar-refractivity contribution < 1.29 is 9.21 Å². The Morgan fingerprint density at radius 1 is 1.09 bits per heavy atom. The lowest BCUT2D eigenvalue weighted by Crippen LogP contribution is -2.38. The zero-order valence-corrected chi connectivity index (χ0v) is 14.4. The molecule has 2 aromatic carbocycles. The molecule has 0 aliphatic heterocycles. The number of amides is 1. The van der Waals surface area contributed by atoms with Crippen LogP contribution in [0.5, 0.6) is 0 Å². The Hall–Kier alpha value is -2.18. The molecule has 1 amide bonds. The summed E-state index contributed by atoms with van der Waals surface area (Å²) in [4.78, 5) is 12.5. The molecule has 1 aromatic heterocycles. The molecule has 0 spiro atoms. The van der Waals surface area contributed by atoms with Gasteiger partial charge in [-0.05, 0) is 47.3 Å². The van der Waals surface area contributed by atoms with Gasteiger partial charge in [-0.1, -0.05) is 40.2 Å². The predicted octanol–water partition coefficient (Wildman–Crippen LogP) is 4.00. The van der Waals surface area contributed by atoms with Crippen LogP contribution in [0.15, 0.2) is 63.7 Å². The van der Waals surface area contributed by atoms with Crippen molar-refractivity contribution in [1.29, 1.82) is 0 Å². The van der Waals surface area contributed by atoms with Crippen LogP contribution in [0, 0.1) is 0 Å². The Morgan fingerprint density at radius 2 is 1.87 bits per heavy atom. The van der Waals surface area contributed by atoms with E-state index in [9.17, 15) is 4.79 Å². The maximum absolute atomic E-state index is 12.5. The van der Waals surface area contributed by atoms with Crippen LogP contribution in [0.1, 0.15) is 16.1 Å². The van der Waals surface area contributed by atoms with Crippen molar-refractivity contribution in [2.75, 3.05) is 0 Å². The number of benzene rings is 2. The maximum Gasteiger partial charge on any atom is 0.258 e. The molecule has 0 bridgehead atoms. The number of fused-ring (bicyclic) bond motifs is 1. The van der Waals surface area contributed by atoms with E-state index >= 15 is 0 Å². The molecule has 0 unspecified atom stereocenters. The number of carbonyl (C=O) groups excluding carboxylic acids is 1. The third-order valence-electron chi connectivity index (χ3n) is 3.34. The Kier molecular flexibility index (Phi) is 4.73. The molecule has 116 valence electrons. The van der Waals surface area contributed by atoms with E-state index in [0.29, 0.717) is 12.1 Å². The fourth-order valence-electron chi connectivity index (χ4n) is 2.26. The average Bonchev–Trinajstić information content (AvgIpc) is 3.06. The Labute approximate surface area is 147 Å². The highest BCUT2D eigenvalue weighted by Gasteiger charge is 2.12. The Balaban J connectivity index is 1.73. The molecule has 0 saturated heterocycles. The van der Waals surface area contributed by atoms with Crippen LogP contribution in [0.2, 0.25) is 0 Å². The summed E-state index contributed by atoms with van der Waals surface area (Å²) in [5.41, 5.74) is 0.575. The zero-order chi connectivity index (χ0) is 16.2. The summed E-state index contributed by atoms with van der Waals surface area (Å²) >= 11 is 8.66. The predicted molar refractivity (Wildman–Crippen MR) is 97.3 cm³/mol. The van der Waals surface area contributed by atoms with Gasteiger partial charge in [0.25, 0.3) is 5.91 Å². The lowest BCUT2D eigenvalue weighted by Gasteiger charge is -2.10. The summed E-state index contributed by atoms with van der Waals surface area (Å²) in [6.07, 6.45) is 1.59. The van der Waals surface area contributed by atoms with Crippen molar-refractivity contribution in [1.82, 2.24) is 10.6 Å². The highest BCUT2D eigenvalue weighted by atomic mass is 79.9. The molecular weight excluding hydrogens is 376 g/mol. The van der Waals surface area contributed by atoms with Gasteiger partial charge in [-0.3, -0.25) is 10.1 Å². The summed E-state index contributed by atoms with van der Waals surface area (Å²) in [6.45, 7) is 0.424. The van der Waals surface area contributed by atoms with Crippen molar-refractivity contribution in [3.63, 3.8) is 0 Å². The third-order valence-corrected chi connectivity index (χ3v) is 4.28. The van der Waals surface area contributed by atoms with Gasteiger partial charge < -0.3 is 9.73 Å². The molecule has 2 N–H and O–H groups in total. The monoisotopic (exact) mass is 388 g/mol. The first kappa shape index (κ1) is 15.7. The van der Waals surface area contributed by atoms with Gasteiger partial charge in [0, 0.05) is 10.0 Å². The van der Waals surface area contributed by atoms with E-state index in [1.807, 2.05) is 36.4 Å². The molecule has 0 radical (unpaired) electrons. The second kappa shape index (κ2) is 6.93. The van der Waals surface area contributed by atoms with Gasteiger partial charge in [-0.2, -0.15) is 0 Å². The van der Waals surface area contributed by atoms with Crippen LogP contribution in [0.3, 0.4) is 0 Å². The zero-order valence-electron chi connectivity index (χ0n) is 12.0. The first-order valence-corrected chi connectivity index (χ1v) is 8.14. The van der Waals surface area contributed by atoms with E-state index in [4.69, 9.17) is 16.6 Å². The average molecular weight is 389 g/mol. The lowest BCUT2D eigenvalue weighted by atomic mass is 10.0. The molecule has 6 heteroatoms.